The van der Waals surface area contributed by atoms with Gasteiger partial charge in [0.1, 0.15) is 10.5 Å². The summed E-state index contributed by atoms with van der Waals surface area (Å²) in [5.74, 6) is 1.45. The maximum atomic E-state index is 13.1. The molecule has 3 aromatic rings. The zero-order valence-electron chi connectivity index (χ0n) is 18.0. The maximum absolute atomic E-state index is 13.1. The number of amides is 1. The summed E-state index contributed by atoms with van der Waals surface area (Å²) in [6, 6.07) is 7.75. The van der Waals surface area contributed by atoms with Gasteiger partial charge in [-0.05, 0) is 37.2 Å². The standard InChI is InChI=1S/C22H28N4O3S/c1-5-8-25-9-11-26(12-10-25)21(27)19-14-16-20(23-24(2)22(16)30-19)15-6-7-17(28-3)18(13-15)29-4/h6-7,13-14H,5,8-12H2,1-4H3. The molecule has 0 N–H and O–H groups in total. The lowest BCUT2D eigenvalue weighted by Crippen LogP contribution is -2.48. The topological polar surface area (TPSA) is 59.8 Å². The first-order valence-electron chi connectivity index (χ1n) is 10.3. The zero-order valence-corrected chi connectivity index (χ0v) is 18.8. The number of rotatable bonds is 6. The van der Waals surface area contributed by atoms with Gasteiger partial charge >= 0.3 is 0 Å². The van der Waals surface area contributed by atoms with E-state index in [0.717, 1.165) is 65.5 Å². The van der Waals surface area contributed by atoms with Crippen LogP contribution in [-0.2, 0) is 7.05 Å². The molecule has 1 saturated heterocycles. The number of thiophene rings is 1. The van der Waals surface area contributed by atoms with E-state index in [9.17, 15) is 4.79 Å². The van der Waals surface area contributed by atoms with Crippen LogP contribution in [0.25, 0.3) is 21.5 Å². The van der Waals surface area contributed by atoms with Gasteiger partial charge in [-0.1, -0.05) is 6.92 Å². The molecule has 0 saturated carbocycles. The fourth-order valence-electron chi connectivity index (χ4n) is 3.99. The Bertz CT molecular complexity index is 1050. The summed E-state index contributed by atoms with van der Waals surface area (Å²) in [5.41, 5.74) is 1.78. The summed E-state index contributed by atoms with van der Waals surface area (Å²) in [4.78, 5) is 19.3. The Morgan fingerprint density at radius 2 is 1.83 bits per heavy atom. The number of aryl methyl sites for hydroxylation is 1. The number of piperazine rings is 1. The van der Waals surface area contributed by atoms with Crippen molar-refractivity contribution in [2.75, 3.05) is 46.9 Å². The van der Waals surface area contributed by atoms with Crippen LogP contribution in [0.3, 0.4) is 0 Å². The summed E-state index contributed by atoms with van der Waals surface area (Å²) in [6.07, 6.45) is 1.15. The van der Waals surface area contributed by atoms with E-state index in [1.807, 2.05) is 40.9 Å². The van der Waals surface area contributed by atoms with Gasteiger partial charge in [-0.2, -0.15) is 5.10 Å². The number of fused-ring (bicyclic) bond motifs is 1. The monoisotopic (exact) mass is 428 g/mol. The molecule has 0 atom stereocenters. The minimum atomic E-state index is 0.116. The number of methoxy groups -OCH3 is 2. The number of hydrogen-bond acceptors (Lipinski definition) is 6. The molecule has 7 nitrogen and oxygen atoms in total. The molecule has 160 valence electrons. The highest BCUT2D eigenvalue weighted by Gasteiger charge is 2.25. The van der Waals surface area contributed by atoms with Gasteiger partial charge < -0.3 is 14.4 Å². The molecule has 4 rings (SSSR count). The molecule has 0 radical (unpaired) electrons. The summed E-state index contributed by atoms with van der Waals surface area (Å²) < 4.78 is 12.6. The molecule has 8 heteroatoms. The van der Waals surface area contributed by atoms with Crippen LogP contribution < -0.4 is 9.47 Å². The minimum Gasteiger partial charge on any atom is -0.493 e. The highest BCUT2D eigenvalue weighted by Crippen LogP contribution is 2.37. The summed E-state index contributed by atoms with van der Waals surface area (Å²) >= 11 is 1.51. The van der Waals surface area contributed by atoms with E-state index in [0.29, 0.717) is 11.5 Å². The van der Waals surface area contributed by atoms with Crippen molar-refractivity contribution < 1.29 is 14.3 Å². The Balaban J connectivity index is 1.62. The van der Waals surface area contributed by atoms with Crippen molar-refractivity contribution in [3.8, 4) is 22.8 Å². The number of ether oxygens (including phenoxy) is 2. The molecule has 2 aromatic heterocycles. The predicted molar refractivity (Wildman–Crippen MR) is 120 cm³/mol. The van der Waals surface area contributed by atoms with Gasteiger partial charge in [0.25, 0.3) is 5.91 Å². The van der Waals surface area contributed by atoms with E-state index in [-0.39, 0.29) is 5.91 Å². The molecule has 1 aliphatic heterocycles. The van der Waals surface area contributed by atoms with Gasteiger partial charge in [0.05, 0.1) is 19.1 Å². The molecule has 0 unspecified atom stereocenters. The number of hydrogen-bond donors (Lipinski definition) is 0. The summed E-state index contributed by atoms with van der Waals surface area (Å²) in [5, 5.41) is 5.68. The fourth-order valence-corrected chi connectivity index (χ4v) is 5.03. The smallest absolute Gasteiger partial charge is 0.264 e. The average molecular weight is 429 g/mol. The van der Waals surface area contributed by atoms with Crippen molar-refractivity contribution in [2.45, 2.75) is 13.3 Å². The van der Waals surface area contributed by atoms with Crippen LogP contribution in [0.5, 0.6) is 11.5 Å². The van der Waals surface area contributed by atoms with Crippen molar-refractivity contribution in [2.24, 2.45) is 7.05 Å². The molecule has 30 heavy (non-hydrogen) atoms. The van der Waals surface area contributed by atoms with Crippen molar-refractivity contribution in [3.05, 3.63) is 29.1 Å². The number of benzene rings is 1. The molecule has 1 aromatic carbocycles. The number of carbonyl (C=O) groups is 1. The second kappa shape index (κ2) is 8.65. The lowest BCUT2D eigenvalue weighted by molar-refractivity contribution is 0.0642. The van der Waals surface area contributed by atoms with E-state index in [4.69, 9.17) is 14.6 Å². The van der Waals surface area contributed by atoms with Crippen LogP contribution in [0.1, 0.15) is 23.0 Å². The van der Waals surface area contributed by atoms with Crippen LogP contribution >= 0.6 is 11.3 Å². The van der Waals surface area contributed by atoms with Gasteiger partial charge in [-0.3, -0.25) is 14.4 Å². The maximum Gasteiger partial charge on any atom is 0.264 e. The summed E-state index contributed by atoms with van der Waals surface area (Å²) in [6.45, 7) is 6.76. The lowest BCUT2D eigenvalue weighted by atomic mass is 10.1. The molecule has 1 aliphatic rings. The second-order valence-electron chi connectivity index (χ2n) is 7.51. The average Bonchev–Trinajstić information content (AvgIpc) is 3.34. The highest BCUT2D eigenvalue weighted by atomic mass is 32.1. The van der Waals surface area contributed by atoms with Crippen molar-refractivity contribution in [3.63, 3.8) is 0 Å². The second-order valence-corrected chi connectivity index (χ2v) is 8.54. The van der Waals surface area contributed by atoms with Gasteiger partial charge in [-0.25, -0.2) is 0 Å². The fraction of sp³-hybridized carbons (Fsp3) is 0.455. The van der Waals surface area contributed by atoms with Gasteiger partial charge in [-0.15, -0.1) is 11.3 Å². The van der Waals surface area contributed by atoms with Crippen molar-refractivity contribution >= 4 is 27.5 Å². The molecule has 1 fully saturated rings. The molecular weight excluding hydrogens is 400 g/mol. The van der Waals surface area contributed by atoms with Crippen LogP contribution in [0.2, 0.25) is 0 Å². The van der Waals surface area contributed by atoms with Crippen molar-refractivity contribution in [1.82, 2.24) is 19.6 Å². The normalized spacial score (nSPS) is 15.0. The molecule has 0 bridgehead atoms. The van der Waals surface area contributed by atoms with E-state index in [1.54, 1.807) is 14.2 Å². The molecule has 3 heterocycles. The first-order valence-corrected chi connectivity index (χ1v) is 11.1. The largest absolute Gasteiger partial charge is 0.493 e. The third-order valence-corrected chi connectivity index (χ3v) is 6.77. The summed E-state index contributed by atoms with van der Waals surface area (Å²) in [7, 11) is 5.16. The highest BCUT2D eigenvalue weighted by molar-refractivity contribution is 7.20. The van der Waals surface area contributed by atoms with E-state index in [1.165, 1.54) is 11.3 Å². The number of carbonyl (C=O) groups excluding carboxylic acids is 1. The van der Waals surface area contributed by atoms with Crippen LogP contribution in [0.4, 0.5) is 0 Å². The van der Waals surface area contributed by atoms with Gasteiger partial charge in [0.15, 0.2) is 11.5 Å². The number of nitrogens with zero attached hydrogens (tertiary/aromatic N) is 4. The Hall–Kier alpha value is -2.58. The molecule has 1 amide bonds. The van der Waals surface area contributed by atoms with Crippen LogP contribution in [0.15, 0.2) is 24.3 Å². The molecular formula is C22H28N4O3S. The Morgan fingerprint density at radius 3 is 2.50 bits per heavy atom. The minimum absolute atomic E-state index is 0.116. The van der Waals surface area contributed by atoms with Crippen molar-refractivity contribution in [1.29, 1.82) is 0 Å². The van der Waals surface area contributed by atoms with Gasteiger partial charge in [0.2, 0.25) is 0 Å². The third-order valence-electron chi connectivity index (χ3n) is 5.58. The Morgan fingerprint density at radius 1 is 1.10 bits per heavy atom. The van der Waals surface area contributed by atoms with E-state index >= 15 is 0 Å². The SMILES string of the molecule is CCCN1CCN(C(=O)c2cc3c(-c4ccc(OC)c(OC)c4)nn(C)c3s2)CC1. The first kappa shape index (κ1) is 20.7. The van der Waals surface area contributed by atoms with Crippen LogP contribution in [-0.4, -0.2) is 72.4 Å². The Labute approximate surface area is 180 Å². The molecule has 0 aliphatic carbocycles. The molecule has 0 spiro atoms. The lowest BCUT2D eigenvalue weighted by Gasteiger charge is -2.34. The van der Waals surface area contributed by atoms with Gasteiger partial charge in [0, 0.05) is 44.2 Å². The third kappa shape index (κ3) is 3.77. The van der Waals surface area contributed by atoms with E-state index in [2.05, 4.69) is 11.8 Å². The zero-order chi connectivity index (χ0) is 21.3. The quantitative estimate of drug-likeness (QED) is 0.602. The van der Waals surface area contributed by atoms with Crippen LogP contribution in [0, 0.1) is 0 Å². The first-order chi connectivity index (χ1) is 14.5. The predicted octanol–water partition coefficient (Wildman–Crippen LogP) is 3.49. The Kier molecular flexibility index (Phi) is 5.97. The number of aromatic nitrogens is 2. The van der Waals surface area contributed by atoms with E-state index < -0.39 is 0 Å².